The molecule has 4 aromatic rings. The highest BCUT2D eigenvalue weighted by molar-refractivity contribution is 6.34. The molecular weight excluding hydrogens is 541 g/mol. The Labute approximate surface area is 241 Å². The molecule has 7 rings (SSSR count). The lowest BCUT2D eigenvalue weighted by atomic mass is 9.64. The third kappa shape index (κ3) is 3.30. The number of hydrogen-bond acceptors (Lipinski definition) is 4. The van der Waals surface area contributed by atoms with Crippen molar-refractivity contribution in [3.63, 3.8) is 0 Å². The molecule has 0 aromatic heterocycles. The smallest absolute Gasteiger partial charge is 0.185 e. The van der Waals surface area contributed by atoms with Crippen molar-refractivity contribution < 1.29 is 14.4 Å². The van der Waals surface area contributed by atoms with Gasteiger partial charge in [-0.25, -0.2) is 0 Å². The number of aryl methyl sites for hydroxylation is 1. The Balaban J connectivity index is 1.56. The Bertz CT molecular complexity index is 1740. The fourth-order valence-corrected chi connectivity index (χ4v) is 7.34. The molecule has 0 saturated carbocycles. The van der Waals surface area contributed by atoms with E-state index in [4.69, 9.17) is 23.2 Å². The molecule has 1 aliphatic carbocycles. The first kappa shape index (κ1) is 25.0. The highest BCUT2D eigenvalue weighted by Gasteiger charge is 2.71. The fourth-order valence-electron chi connectivity index (χ4n) is 6.91. The average molecular weight is 564 g/mol. The van der Waals surface area contributed by atoms with E-state index in [9.17, 15) is 14.4 Å². The standard InChI is InChI=1S/C34H23Cl2NO3/c1-19-10-12-20(13-11-19)31(38)30-29(25-8-4-5-9-26(25)36)34(32(39)23-6-2-3-7-24(23)33(34)40)28-17-14-21-18-22(35)15-16-27(21)37(28)30/h2-18,28-30H,1H3/t28-,29+,30-/m1/s1. The van der Waals surface area contributed by atoms with Crippen molar-refractivity contribution in [2.45, 2.75) is 24.9 Å². The predicted octanol–water partition coefficient (Wildman–Crippen LogP) is 7.62. The molecular formula is C34H23Cl2NO3. The second kappa shape index (κ2) is 9.02. The molecule has 1 fully saturated rings. The van der Waals surface area contributed by atoms with Crippen LogP contribution in [-0.4, -0.2) is 29.4 Å². The van der Waals surface area contributed by atoms with E-state index >= 15 is 0 Å². The Kier molecular flexibility index (Phi) is 5.64. The summed E-state index contributed by atoms with van der Waals surface area (Å²) in [5.41, 5.74) is 2.85. The van der Waals surface area contributed by atoms with Crippen molar-refractivity contribution in [1.29, 1.82) is 0 Å². The van der Waals surface area contributed by atoms with E-state index in [2.05, 4.69) is 0 Å². The van der Waals surface area contributed by atoms with Crippen LogP contribution in [0.1, 0.15) is 53.7 Å². The maximum atomic E-state index is 14.7. The molecule has 0 radical (unpaired) electrons. The van der Waals surface area contributed by atoms with Crippen LogP contribution in [0.5, 0.6) is 0 Å². The Morgan fingerprint density at radius 2 is 1.48 bits per heavy atom. The molecule has 6 heteroatoms. The lowest BCUT2D eigenvalue weighted by Gasteiger charge is -2.37. The number of benzene rings is 4. The summed E-state index contributed by atoms with van der Waals surface area (Å²) in [6.07, 6.45) is 3.78. The lowest BCUT2D eigenvalue weighted by Crippen LogP contribution is -2.48. The van der Waals surface area contributed by atoms with E-state index in [1.54, 1.807) is 48.5 Å². The van der Waals surface area contributed by atoms with Crippen LogP contribution in [0.2, 0.25) is 10.0 Å². The summed E-state index contributed by atoms with van der Waals surface area (Å²) >= 11 is 13.2. The SMILES string of the molecule is Cc1ccc(C(=O)[C@H]2[C@H](c3ccccc3Cl)C3(C(=O)c4ccccc4C3=O)[C@H]3C=Cc4cc(Cl)ccc4N23)cc1. The molecule has 0 N–H and O–H groups in total. The van der Waals surface area contributed by atoms with Crippen LogP contribution in [0.3, 0.4) is 0 Å². The quantitative estimate of drug-likeness (QED) is 0.190. The summed E-state index contributed by atoms with van der Waals surface area (Å²) < 4.78 is 0. The number of ketones is 3. The molecule has 4 aromatic carbocycles. The van der Waals surface area contributed by atoms with Crippen molar-refractivity contribution >= 4 is 52.3 Å². The van der Waals surface area contributed by atoms with Gasteiger partial charge in [-0.3, -0.25) is 14.4 Å². The molecule has 40 heavy (non-hydrogen) atoms. The summed E-state index contributed by atoms with van der Waals surface area (Å²) in [6, 6.07) is 25.4. The third-order valence-corrected chi connectivity index (χ3v) is 9.19. The summed E-state index contributed by atoms with van der Waals surface area (Å²) in [5.74, 6) is -1.60. The maximum absolute atomic E-state index is 14.7. The van der Waals surface area contributed by atoms with Crippen LogP contribution in [0.4, 0.5) is 5.69 Å². The zero-order valence-electron chi connectivity index (χ0n) is 21.5. The summed E-state index contributed by atoms with van der Waals surface area (Å²) in [4.78, 5) is 45.9. The van der Waals surface area contributed by atoms with Crippen molar-refractivity contribution in [3.8, 4) is 0 Å². The molecule has 1 saturated heterocycles. The molecule has 0 amide bonds. The minimum absolute atomic E-state index is 0.181. The van der Waals surface area contributed by atoms with Crippen LogP contribution in [0.25, 0.3) is 6.08 Å². The molecule has 2 heterocycles. The zero-order valence-corrected chi connectivity index (χ0v) is 23.0. The minimum Gasteiger partial charge on any atom is -0.352 e. The molecule has 2 aliphatic heterocycles. The van der Waals surface area contributed by atoms with Gasteiger partial charge in [0.25, 0.3) is 0 Å². The third-order valence-electron chi connectivity index (χ3n) is 8.61. The average Bonchev–Trinajstić information content (AvgIpc) is 3.39. The highest BCUT2D eigenvalue weighted by Crippen LogP contribution is 2.61. The summed E-state index contributed by atoms with van der Waals surface area (Å²) in [6.45, 7) is 1.96. The second-order valence-electron chi connectivity index (χ2n) is 10.7. The van der Waals surface area contributed by atoms with Gasteiger partial charge in [0, 0.05) is 38.3 Å². The van der Waals surface area contributed by atoms with Crippen molar-refractivity contribution in [2.24, 2.45) is 5.41 Å². The molecule has 1 spiro atoms. The van der Waals surface area contributed by atoms with E-state index in [-0.39, 0.29) is 17.3 Å². The number of hydrogen-bond donors (Lipinski definition) is 0. The normalized spacial score (nSPS) is 21.9. The van der Waals surface area contributed by atoms with Gasteiger partial charge in [-0.05, 0) is 42.3 Å². The van der Waals surface area contributed by atoms with Gasteiger partial charge in [0.1, 0.15) is 11.5 Å². The first-order valence-corrected chi connectivity index (χ1v) is 13.9. The van der Waals surface area contributed by atoms with Gasteiger partial charge in [-0.1, -0.05) is 108 Å². The van der Waals surface area contributed by atoms with E-state index in [0.717, 1.165) is 16.8 Å². The molecule has 0 bridgehead atoms. The second-order valence-corrected chi connectivity index (χ2v) is 11.5. The van der Waals surface area contributed by atoms with Gasteiger partial charge in [0.05, 0.1) is 6.04 Å². The van der Waals surface area contributed by atoms with Crippen molar-refractivity contribution in [3.05, 3.63) is 140 Å². The molecule has 4 nitrogen and oxygen atoms in total. The number of fused-ring (bicyclic) bond motifs is 5. The van der Waals surface area contributed by atoms with Crippen molar-refractivity contribution in [2.75, 3.05) is 4.90 Å². The van der Waals surface area contributed by atoms with Crippen LogP contribution in [-0.2, 0) is 0 Å². The van der Waals surface area contributed by atoms with E-state index < -0.39 is 23.4 Å². The Hall–Kier alpha value is -3.99. The first-order chi connectivity index (χ1) is 19.3. The van der Waals surface area contributed by atoms with Crippen LogP contribution in [0.15, 0.2) is 97.1 Å². The monoisotopic (exact) mass is 563 g/mol. The number of anilines is 1. The fraction of sp³-hybridized carbons (Fsp3) is 0.147. The van der Waals surface area contributed by atoms with Gasteiger partial charge >= 0.3 is 0 Å². The van der Waals surface area contributed by atoms with Crippen LogP contribution >= 0.6 is 23.2 Å². The Morgan fingerprint density at radius 3 is 2.15 bits per heavy atom. The first-order valence-electron chi connectivity index (χ1n) is 13.1. The lowest BCUT2D eigenvalue weighted by molar-refractivity contribution is 0.0666. The number of halogens is 2. The highest BCUT2D eigenvalue weighted by atomic mass is 35.5. The number of rotatable bonds is 3. The van der Waals surface area contributed by atoms with Gasteiger partial charge in [0.15, 0.2) is 17.3 Å². The van der Waals surface area contributed by atoms with Gasteiger partial charge in [0.2, 0.25) is 0 Å². The van der Waals surface area contributed by atoms with E-state index in [1.165, 1.54) is 0 Å². The van der Waals surface area contributed by atoms with Gasteiger partial charge in [-0.2, -0.15) is 0 Å². The van der Waals surface area contributed by atoms with E-state index in [0.29, 0.717) is 32.3 Å². The number of nitrogens with zero attached hydrogens (tertiary/aromatic N) is 1. The molecule has 0 unspecified atom stereocenters. The Morgan fingerprint density at radius 1 is 0.825 bits per heavy atom. The zero-order chi connectivity index (χ0) is 27.8. The number of carbonyl (C=O) groups excluding carboxylic acids is 3. The molecule has 196 valence electrons. The van der Waals surface area contributed by atoms with Gasteiger partial charge in [-0.15, -0.1) is 0 Å². The van der Waals surface area contributed by atoms with Gasteiger partial charge < -0.3 is 4.90 Å². The van der Waals surface area contributed by atoms with Crippen LogP contribution in [0, 0.1) is 12.3 Å². The topological polar surface area (TPSA) is 54.5 Å². The summed E-state index contributed by atoms with van der Waals surface area (Å²) in [5, 5.41) is 0.963. The van der Waals surface area contributed by atoms with E-state index in [1.807, 2.05) is 66.4 Å². The van der Waals surface area contributed by atoms with Crippen LogP contribution < -0.4 is 4.90 Å². The predicted molar refractivity (Wildman–Crippen MR) is 158 cm³/mol. The maximum Gasteiger partial charge on any atom is 0.185 e. The number of Topliss-reactive ketones (excluding diaryl/α,β-unsaturated/α-hetero) is 3. The van der Waals surface area contributed by atoms with Crippen molar-refractivity contribution in [1.82, 2.24) is 0 Å². The number of carbonyl (C=O) groups is 3. The minimum atomic E-state index is -1.59. The molecule has 3 atom stereocenters. The molecule has 3 aliphatic rings. The largest absolute Gasteiger partial charge is 0.352 e. The summed E-state index contributed by atoms with van der Waals surface area (Å²) in [7, 11) is 0.